The molecule has 0 aliphatic heterocycles. The monoisotopic (exact) mass is 333 g/mol. The first-order valence-electron chi connectivity index (χ1n) is 7.54. The van der Waals surface area contributed by atoms with Crippen LogP contribution >= 0.6 is 11.3 Å². The second-order valence-electron chi connectivity index (χ2n) is 5.98. The molecule has 0 radical (unpaired) electrons. The molecule has 0 aromatic carbocycles. The van der Waals surface area contributed by atoms with Gasteiger partial charge in [0.25, 0.3) is 0 Å². The minimum atomic E-state index is -0.319. The Kier molecular flexibility index (Phi) is 4.53. The summed E-state index contributed by atoms with van der Waals surface area (Å²) in [7, 11) is 0. The fraction of sp³-hybridized carbons (Fsp3) is 0.467. The van der Waals surface area contributed by atoms with E-state index in [0.29, 0.717) is 10.1 Å². The highest BCUT2D eigenvalue weighted by Crippen LogP contribution is 2.37. The van der Waals surface area contributed by atoms with Crippen LogP contribution in [0.25, 0.3) is 10.7 Å². The standard InChI is InChI=1S/C15H19N5O2S/c1-15(9-21)7-4-6-11(15)17-13(22)18-14-20-19-12(23-14)10-5-2-3-8-16-10/h2-3,5,8,11,21H,4,6-7,9H2,1H3,(H2,17,18,20,22)/t11-,15+/m1/s1. The highest BCUT2D eigenvalue weighted by molar-refractivity contribution is 7.18. The number of pyridine rings is 1. The number of carbonyl (C=O) groups excluding carboxylic acids is 1. The van der Waals surface area contributed by atoms with E-state index in [0.717, 1.165) is 25.0 Å². The molecule has 122 valence electrons. The molecule has 0 saturated heterocycles. The topological polar surface area (TPSA) is 100 Å². The summed E-state index contributed by atoms with van der Waals surface area (Å²) in [5, 5.41) is 24.3. The Bertz CT molecular complexity index is 678. The van der Waals surface area contributed by atoms with Gasteiger partial charge in [-0.3, -0.25) is 10.3 Å². The van der Waals surface area contributed by atoms with E-state index in [1.165, 1.54) is 11.3 Å². The number of aliphatic hydroxyl groups is 1. The second-order valence-corrected chi connectivity index (χ2v) is 6.96. The van der Waals surface area contributed by atoms with Crippen molar-refractivity contribution in [2.24, 2.45) is 5.41 Å². The van der Waals surface area contributed by atoms with Crippen LogP contribution in [0, 0.1) is 5.41 Å². The minimum Gasteiger partial charge on any atom is -0.396 e. The van der Waals surface area contributed by atoms with E-state index in [1.807, 2.05) is 25.1 Å². The van der Waals surface area contributed by atoms with E-state index in [9.17, 15) is 9.90 Å². The Balaban J connectivity index is 1.62. The molecule has 2 heterocycles. The number of aliphatic hydroxyl groups excluding tert-OH is 1. The zero-order chi connectivity index (χ0) is 16.3. The van der Waals surface area contributed by atoms with E-state index < -0.39 is 0 Å². The summed E-state index contributed by atoms with van der Waals surface area (Å²) in [5.74, 6) is 0. The summed E-state index contributed by atoms with van der Waals surface area (Å²) in [6.45, 7) is 2.07. The van der Waals surface area contributed by atoms with Gasteiger partial charge in [0.2, 0.25) is 5.13 Å². The number of nitrogens with one attached hydrogen (secondary N) is 2. The van der Waals surface area contributed by atoms with E-state index >= 15 is 0 Å². The molecule has 0 unspecified atom stereocenters. The first-order chi connectivity index (χ1) is 11.1. The van der Waals surface area contributed by atoms with E-state index in [2.05, 4.69) is 25.8 Å². The Morgan fingerprint density at radius 3 is 3.09 bits per heavy atom. The van der Waals surface area contributed by atoms with Crippen LogP contribution < -0.4 is 10.6 Å². The maximum Gasteiger partial charge on any atom is 0.321 e. The first kappa shape index (κ1) is 15.8. The third-order valence-corrected chi connectivity index (χ3v) is 5.14. The highest BCUT2D eigenvalue weighted by atomic mass is 32.1. The molecule has 1 fully saturated rings. The molecule has 2 aromatic rings. The zero-order valence-corrected chi connectivity index (χ0v) is 13.6. The fourth-order valence-electron chi connectivity index (χ4n) is 2.83. The Morgan fingerprint density at radius 1 is 1.48 bits per heavy atom. The van der Waals surface area contributed by atoms with Crippen LogP contribution in [-0.4, -0.2) is 39.0 Å². The lowest BCUT2D eigenvalue weighted by Crippen LogP contribution is -2.46. The van der Waals surface area contributed by atoms with E-state index in [4.69, 9.17) is 0 Å². The van der Waals surface area contributed by atoms with Crippen LogP contribution in [0.5, 0.6) is 0 Å². The zero-order valence-electron chi connectivity index (χ0n) is 12.8. The van der Waals surface area contributed by atoms with Crippen molar-refractivity contribution in [1.82, 2.24) is 20.5 Å². The van der Waals surface area contributed by atoms with Gasteiger partial charge in [-0.05, 0) is 25.0 Å². The number of hydrogen-bond acceptors (Lipinski definition) is 6. The molecule has 0 bridgehead atoms. The maximum absolute atomic E-state index is 12.1. The lowest BCUT2D eigenvalue weighted by atomic mass is 9.86. The number of nitrogens with zero attached hydrogens (tertiary/aromatic N) is 3. The Labute approximate surface area is 138 Å². The molecule has 23 heavy (non-hydrogen) atoms. The number of urea groups is 1. The summed E-state index contributed by atoms with van der Waals surface area (Å²) >= 11 is 1.27. The average molecular weight is 333 g/mol. The van der Waals surface area contributed by atoms with Gasteiger partial charge in [-0.1, -0.05) is 30.7 Å². The lowest BCUT2D eigenvalue weighted by Gasteiger charge is -2.29. The summed E-state index contributed by atoms with van der Waals surface area (Å²) in [5.41, 5.74) is 0.472. The van der Waals surface area contributed by atoms with Crippen molar-refractivity contribution < 1.29 is 9.90 Å². The Morgan fingerprint density at radius 2 is 2.35 bits per heavy atom. The first-order valence-corrected chi connectivity index (χ1v) is 8.36. The molecule has 3 rings (SSSR count). The van der Waals surface area contributed by atoms with Crippen molar-refractivity contribution in [3.63, 3.8) is 0 Å². The van der Waals surface area contributed by atoms with E-state index in [-0.39, 0.29) is 24.1 Å². The van der Waals surface area contributed by atoms with Gasteiger partial charge in [-0.15, -0.1) is 10.2 Å². The number of rotatable bonds is 4. The number of amides is 2. The fourth-order valence-corrected chi connectivity index (χ4v) is 3.54. The number of hydrogen-bond donors (Lipinski definition) is 3. The number of aromatic nitrogens is 3. The molecule has 1 saturated carbocycles. The van der Waals surface area contributed by atoms with Crippen LogP contribution in [0.3, 0.4) is 0 Å². The lowest BCUT2D eigenvalue weighted by molar-refractivity contribution is 0.122. The summed E-state index contributed by atoms with van der Waals surface area (Å²) in [4.78, 5) is 16.3. The van der Waals surface area contributed by atoms with Gasteiger partial charge in [0, 0.05) is 17.7 Å². The van der Waals surface area contributed by atoms with Crippen LogP contribution in [0.2, 0.25) is 0 Å². The van der Waals surface area contributed by atoms with Crippen molar-refractivity contribution in [3.05, 3.63) is 24.4 Å². The molecule has 8 heteroatoms. The molecule has 1 aliphatic carbocycles. The molecular formula is C15H19N5O2S. The van der Waals surface area contributed by atoms with Gasteiger partial charge in [-0.2, -0.15) is 0 Å². The summed E-state index contributed by atoms with van der Waals surface area (Å²) < 4.78 is 0. The normalized spacial score (nSPS) is 23.7. The van der Waals surface area contributed by atoms with Crippen LogP contribution in [0.4, 0.5) is 9.93 Å². The van der Waals surface area contributed by atoms with Gasteiger partial charge in [-0.25, -0.2) is 4.79 Å². The molecule has 1 aliphatic rings. The SMILES string of the molecule is C[C@@]1(CO)CCC[C@H]1NC(=O)Nc1nnc(-c2ccccn2)s1. The van der Waals surface area contributed by atoms with Gasteiger partial charge in [0.1, 0.15) is 5.69 Å². The van der Waals surface area contributed by atoms with Gasteiger partial charge in [0.05, 0.1) is 6.61 Å². The van der Waals surface area contributed by atoms with Crippen molar-refractivity contribution in [1.29, 1.82) is 0 Å². The maximum atomic E-state index is 12.1. The van der Waals surface area contributed by atoms with Gasteiger partial charge < -0.3 is 10.4 Å². The van der Waals surface area contributed by atoms with Crippen molar-refractivity contribution in [2.75, 3.05) is 11.9 Å². The third-order valence-electron chi connectivity index (χ3n) is 4.28. The van der Waals surface area contributed by atoms with Crippen molar-refractivity contribution >= 4 is 22.5 Å². The number of anilines is 1. The predicted molar refractivity (Wildman–Crippen MR) is 88.1 cm³/mol. The van der Waals surface area contributed by atoms with Crippen LogP contribution in [0.1, 0.15) is 26.2 Å². The molecular weight excluding hydrogens is 314 g/mol. The van der Waals surface area contributed by atoms with Gasteiger partial charge in [0.15, 0.2) is 5.01 Å². The van der Waals surface area contributed by atoms with Crippen LogP contribution in [0.15, 0.2) is 24.4 Å². The van der Waals surface area contributed by atoms with Crippen molar-refractivity contribution in [3.8, 4) is 10.7 Å². The van der Waals surface area contributed by atoms with Crippen molar-refractivity contribution in [2.45, 2.75) is 32.2 Å². The molecule has 2 atom stereocenters. The average Bonchev–Trinajstić information content (AvgIpc) is 3.16. The van der Waals surface area contributed by atoms with E-state index in [1.54, 1.807) is 6.20 Å². The smallest absolute Gasteiger partial charge is 0.321 e. The second kappa shape index (κ2) is 6.59. The Hall–Kier alpha value is -2.06. The summed E-state index contributed by atoms with van der Waals surface area (Å²) in [6.07, 6.45) is 4.48. The quantitative estimate of drug-likeness (QED) is 0.797. The van der Waals surface area contributed by atoms with Gasteiger partial charge >= 0.3 is 6.03 Å². The molecule has 0 spiro atoms. The summed E-state index contributed by atoms with van der Waals surface area (Å²) in [6, 6.07) is 5.20. The highest BCUT2D eigenvalue weighted by Gasteiger charge is 2.39. The molecule has 7 nitrogen and oxygen atoms in total. The largest absolute Gasteiger partial charge is 0.396 e. The number of carbonyl (C=O) groups is 1. The molecule has 3 N–H and O–H groups in total. The molecule has 2 amide bonds. The minimum absolute atomic E-state index is 0.0318. The third kappa shape index (κ3) is 3.48. The van der Waals surface area contributed by atoms with Crippen LogP contribution in [-0.2, 0) is 0 Å². The predicted octanol–water partition coefficient (Wildman–Crippen LogP) is 2.27. The molecule has 2 aromatic heterocycles.